The highest BCUT2D eigenvalue weighted by molar-refractivity contribution is 5.76. The summed E-state index contributed by atoms with van der Waals surface area (Å²) in [5.41, 5.74) is 0. The van der Waals surface area contributed by atoms with Crippen LogP contribution in [0.2, 0.25) is 0 Å². The fraction of sp³-hybridized carbons (Fsp3) is 0.900. The lowest BCUT2D eigenvalue weighted by molar-refractivity contribution is -0.133. The molecule has 0 aromatic heterocycles. The molecule has 2 atom stereocenters. The second-order valence-electron chi connectivity index (χ2n) is 4.01. The first-order chi connectivity index (χ1) is 6.63. The molecule has 1 amide bonds. The van der Waals surface area contributed by atoms with E-state index in [-0.39, 0.29) is 5.91 Å². The fourth-order valence-corrected chi connectivity index (χ4v) is 1.88. The molecule has 1 N–H and O–H groups in total. The number of hydrogen-bond acceptors (Lipinski definition) is 3. The van der Waals surface area contributed by atoms with Crippen LogP contribution in [0.3, 0.4) is 0 Å². The lowest BCUT2D eigenvalue weighted by Crippen LogP contribution is -2.55. The molecule has 1 heterocycles. The van der Waals surface area contributed by atoms with E-state index in [0.717, 1.165) is 13.1 Å². The van der Waals surface area contributed by atoms with E-state index >= 15 is 0 Å². The molecule has 2 unspecified atom stereocenters. The van der Waals surface area contributed by atoms with Crippen molar-refractivity contribution in [2.75, 3.05) is 26.8 Å². The summed E-state index contributed by atoms with van der Waals surface area (Å²) in [4.78, 5) is 13.6. The van der Waals surface area contributed by atoms with Gasteiger partial charge in [-0.2, -0.15) is 0 Å². The van der Waals surface area contributed by atoms with Crippen molar-refractivity contribution in [1.29, 1.82) is 0 Å². The first-order valence-corrected chi connectivity index (χ1v) is 5.16. The zero-order valence-corrected chi connectivity index (χ0v) is 9.25. The molecule has 0 aromatic carbocycles. The van der Waals surface area contributed by atoms with Crippen LogP contribution in [0.25, 0.3) is 0 Å². The molecule has 0 aromatic rings. The van der Waals surface area contributed by atoms with Crippen molar-refractivity contribution >= 4 is 5.91 Å². The maximum atomic E-state index is 11.7. The van der Waals surface area contributed by atoms with Gasteiger partial charge in [0.2, 0.25) is 5.91 Å². The molecule has 0 aliphatic carbocycles. The molecule has 4 heteroatoms. The van der Waals surface area contributed by atoms with Gasteiger partial charge in [0.25, 0.3) is 0 Å². The Hall–Kier alpha value is -0.610. The standard InChI is InChI=1S/C10H20N2O2/c1-8-6-12(7-9(2)11-8)10(13)4-5-14-3/h8-9,11H,4-7H2,1-3H3. The molecular weight excluding hydrogens is 180 g/mol. The van der Waals surface area contributed by atoms with Gasteiger partial charge in [-0.05, 0) is 13.8 Å². The predicted octanol–water partition coefficient (Wildman–Crippen LogP) is 0.232. The molecular formula is C10H20N2O2. The van der Waals surface area contributed by atoms with E-state index in [9.17, 15) is 4.79 Å². The minimum absolute atomic E-state index is 0.201. The highest BCUT2D eigenvalue weighted by Gasteiger charge is 2.23. The summed E-state index contributed by atoms with van der Waals surface area (Å²) in [6, 6.07) is 0.787. The minimum atomic E-state index is 0.201. The quantitative estimate of drug-likeness (QED) is 0.709. The van der Waals surface area contributed by atoms with Crippen molar-refractivity contribution < 1.29 is 9.53 Å². The van der Waals surface area contributed by atoms with Gasteiger partial charge >= 0.3 is 0 Å². The Morgan fingerprint density at radius 2 is 2.00 bits per heavy atom. The van der Waals surface area contributed by atoms with Crippen molar-refractivity contribution in [3.63, 3.8) is 0 Å². The minimum Gasteiger partial charge on any atom is -0.384 e. The van der Waals surface area contributed by atoms with E-state index in [1.165, 1.54) is 0 Å². The molecule has 1 aliphatic heterocycles. The molecule has 4 nitrogen and oxygen atoms in total. The number of piperazine rings is 1. The maximum Gasteiger partial charge on any atom is 0.224 e. The Kier molecular flexibility index (Phi) is 4.35. The number of nitrogens with one attached hydrogen (secondary N) is 1. The second kappa shape index (κ2) is 5.32. The molecule has 1 saturated heterocycles. The Morgan fingerprint density at radius 3 is 2.50 bits per heavy atom. The third kappa shape index (κ3) is 3.27. The van der Waals surface area contributed by atoms with E-state index in [4.69, 9.17) is 4.74 Å². The number of nitrogens with zero attached hydrogens (tertiary/aromatic N) is 1. The Balaban J connectivity index is 2.38. The van der Waals surface area contributed by atoms with Gasteiger partial charge in [-0.25, -0.2) is 0 Å². The molecule has 1 aliphatic rings. The van der Waals surface area contributed by atoms with Crippen molar-refractivity contribution in [3.05, 3.63) is 0 Å². The molecule has 0 spiro atoms. The smallest absolute Gasteiger partial charge is 0.224 e. The van der Waals surface area contributed by atoms with E-state index in [0.29, 0.717) is 25.1 Å². The number of rotatable bonds is 3. The summed E-state index contributed by atoms with van der Waals surface area (Å²) in [7, 11) is 1.62. The molecule has 14 heavy (non-hydrogen) atoms. The van der Waals surface area contributed by atoms with Crippen LogP contribution >= 0.6 is 0 Å². The summed E-state index contributed by atoms with van der Waals surface area (Å²) < 4.78 is 4.89. The highest BCUT2D eigenvalue weighted by atomic mass is 16.5. The molecule has 0 saturated carbocycles. The topological polar surface area (TPSA) is 41.6 Å². The Bertz CT molecular complexity index is 187. The van der Waals surface area contributed by atoms with Crippen LogP contribution in [0.4, 0.5) is 0 Å². The second-order valence-corrected chi connectivity index (χ2v) is 4.01. The van der Waals surface area contributed by atoms with E-state index in [1.807, 2.05) is 4.90 Å². The Morgan fingerprint density at radius 1 is 1.43 bits per heavy atom. The van der Waals surface area contributed by atoms with Crippen LogP contribution in [0.15, 0.2) is 0 Å². The number of hydrogen-bond donors (Lipinski definition) is 1. The van der Waals surface area contributed by atoms with Crippen LogP contribution in [-0.2, 0) is 9.53 Å². The average molecular weight is 200 g/mol. The first kappa shape index (κ1) is 11.5. The largest absolute Gasteiger partial charge is 0.384 e. The number of methoxy groups -OCH3 is 1. The van der Waals surface area contributed by atoms with E-state index in [2.05, 4.69) is 19.2 Å². The third-order valence-corrected chi connectivity index (χ3v) is 2.43. The molecule has 0 bridgehead atoms. The van der Waals surface area contributed by atoms with Gasteiger partial charge < -0.3 is 15.0 Å². The average Bonchev–Trinajstić information content (AvgIpc) is 2.12. The van der Waals surface area contributed by atoms with Crippen LogP contribution in [0.1, 0.15) is 20.3 Å². The van der Waals surface area contributed by atoms with E-state index < -0.39 is 0 Å². The molecule has 0 radical (unpaired) electrons. The van der Waals surface area contributed by atoms with Crippen LogP contribution in [0, 0.1) is 0 Å². The third-order valence-electron chi connectivity index (χ3n) is 2.43. The molecule has 82 valence electrons. The SMILES string of the molecule is COCCC(=O)N1CC(C)NC(C)C1. The van der Waals surface area contributed by atoms with Crippen molar-refractivity contribution in [3.8, 4) is 0 Å². The monoisotopic (exact) mass is 200 g/mol. The number of amides is 1. The van der Waals surface area contributed by atoms with Crippen LogP contribution in [-0.4, -0.2) is 49.7 Å². The Labute approximate surface area is 85.6 Å². The number of ether oxygens (including phenoxy) is 1. The van der Waals surface area contributed by atoms with Crippen LogP contribution < -0.4 is 5.32 Å². The van der Waals surface area contributed by atoms with Gasteiger partial charge in [0.05, 0.1) is 13.0 Å². The van der Waals surface area contributed by atoms with Gasteiger partial charge in [-0.1, -0.05) is 0 Å². The summed E-state index contributed by atoms with van der Waals surface area (Å²) in [5.74, 6) is 0.201. The molecule has 1 rings (SSSR count). The van der Waals surface area contributed by atoms with Gasteiger partial charge in [0.1, 0.15) is 0 Å². The van der Waals surface area contributed by atoms with Gasteiger partial charge in [0, 0.05) is 32.3 Å². The van der Waals surface area contributed by atoms with Gasteiger partial charge in [-0.15, -0.1) is 0 Å². The summed E-state index contributed by atoms with van der Waals surface area (Å²) in [6.45, 7) is 6.35. The lowest BCUT2D eigenvalue weighted by atomic mass is 10.1. The maximum absolute atomic E-state index is 11.7. The molecule has 1 fully saturated rings. The number of carbonyl (C=O) groups excluding carboxylic acids is 1. The zero-order chi connectivity index (χ0) is 10.6. The fourth-order valence-electron chi connectivity index (χ4n) is 1.88. The highest BCUT2D eigenvalue weighted by Crippen LogP contribution is 2.05. The zero-order valence-electron chi connectivity index (χ0n) is 9.25. The van der Waals surface area contributed by atoms with Crippen molar-refractivity contribution in [2.45, 2.75) is 32.4 Å². The summed E-state index contributed by atoms with van der Waals surface area (Å²) >= 11 is 0. The van der Waals surface area contributed by atoms with Gasteiger partial charge in [-0.3, -0.25) is 4.79 Å². The van der Waals surface area contributed by atoms with Crippen LogP contribution in [0.5, 0.6) is 0 Å². The number of carbonyl (C=O) groups is 1. The van der Waals surface area contributed by atoms with Crippen molar-refractivity contribution in [1.82, 2.24) is 10.2 Å². The first-order valence-electron chi connectivity index (χ1n) is 5.16. The van der Waals surface area contributed by atoms with E-state index in [1.54, 1.807) is 7.11 Å². The summed E-state index contributed by atoms with van der Waals surface area (Å²) in [6.07, 6.45) is 0.496. The van der Waals surface area contributed by atoms with Crippen molar-refractivity contribution in [2.24, 2.45) is 0 Å². The van der Waals surface area contributed by atoms with Gasteiger partial charge in [0.15, 0.2) is 0 Å². The predicted molar refractivity (Wildman–Crippen MR) is 55.1 cm³/mol. The lowest BCUT2D eigenvalue weighted by Gasteiger charge is -2.36. The normalized spacial score (nSPS) is 27.8. The summed E-state index contributed by atoms with van der Waals surface area (Å²) in [5, 5.41) is 3.39.